The van der Waals surface area contributed by atoms with Crippen molar-refractivity contribution in [3.05, 3.63) is 35.9 Å². The van der Waals surface area contributed by atoms with Crippen molar-refractivity contribution < 1.29 is 0 Å². The van der Waals surface area contributed by atoms with Crippen LogP contribution in [0, 0.1) is 11.3 Å². The van der Waals surface area contributed by atoms with Gasteiger partial charge in [0.1, 0.15) is 5.54 Å². The number of benzene rings is 1. The third kappa shape index (κ3) is 3.06. The molecule has 3 heteroatoms. The fourth-order valence-corrected chi connectivity index (χ4v) is 1.75. The summed E-state index contributed by atoms with van der Waals surface area (Å²) in [5.74, 6) is 0. The Morgan fingerprint density at radius 3 is 2.35 bits per heavy atom. The van der Waals surface area contributed by atoms with E-state index < -0.39 is 5.54 Å². The van der Waals surface area contributed by atoms with Crippen molar-refractivity contribution in [1.29, 1.82) is 5.26 Å². The molecule has 1 aromatic carbocycles. The zero-order valence-corrected chi connectivity index (χ0v) is 11.1. The van der Waals surface area contributed by atoms with Crippen molar-refractivity contribution >= 4 is 0 Å². The summed E-state index contributed by atoms with van der Waals surface area (Å²) in [6, 6.07) is 12.7. The second kappa shape index (κ2) is 5.81. The molecule has 3 nitrogen and oxygen atoms in total. The third-order valence-electron chi connectivity index (χ3n) is 3.25. The van der Waals surface area contributed by atoms with Crippen molar-refractivity contribution in [3.63, 3.8) is 0 Å². The minimum atomic E-state index is -0.639. The van der Waals surface area contributed by atoms with Crippen LogP contribution in [0.1, 0.15) is 19.4 Å². The van der Waals surface area contributed by atoms with Crippen LogP contribution >= 0.6 is 0 Å². The minimum absolute atomic E-state index is 0.416. The molecule has 0 amide bonds. The molecule has 0 bridgehead atoms. The smallest absolute Gasteiger partial charge is 0.144 e. The van der Waals surface area contributed by atoms with Gasteiger partial charge in [-0.15, -0.1) is 0 Å². The quantitative estimate of drug-likeness (QED) is 0.842. The van der Waals surface area contributed by atoms with Gasteiger partial charge in [0, 0.05) is 12.6 Å². The molecule has 0 saturated heterocycles. The van der Waals surface area contributed by atoms with E-state index in [0.717, 1.165) is 5.56 Å². The molecule has 0 aliphatic rings. The van der Waals surface area contributed by atoms with Crippen LogP contribution in [0.2, 0.25) is 0 Å². The molecular formula is C14H21N3. The Labute approximate surface area is 104 Å². The first-order chi connectivity index (χ1) is 8.05. The minimum Gasteiger partial charge on any atom is -0.301 e. The monoisotopic (exact) mass is 231 g/mol. The molecule has 92 valence electrons. The summed E-state index contributed by atoms with van der Waals surface area (Å²) in [4.78, 5) is 2.17. The van der Waals surface area contributed by atoms with Gasteiger partial charge in [0.25, 0.3) is 0 Å². The number of rotatable bonds is 5. The van der Waals surface area contributed by atoms with E-state index in [1.165, 1.54) is 0 Å². The van der Waals surface area contributed by atoms with Crippen molar-refractivity contribution in [2.24, 2.45) is 0 Å². The summed E-state index contributed by atoms with van der Waals surface area (Å²) in [6.45, 7) is 4.92. The van der Waals surface area contributed by atoms with Gasteiger partial charge in [-0.2, -0.15) is 5.26 Å². The summed E-state index contributed by atoms with van der Waals surface area (Å²) in [6.07, 6.45) is 0. The van der Waals surface area contributed by atoms with Crippen LogP contribution in [0.25, 0.3) is 0 Å². The van der Waals surface area contributed by atoms with Crippen LogP contribution in [0.5, 0.6) is 0 Å². The molecule has 17 heavy (non-hydrogen) atoms. The molecule has 0 heterocycles. The number of hydrogen-bond acceptors (Lipinski definition) is 3. The van der Waals surface area contributed by atoms with Crippen molar-refractivity contribution in [3.8, 4) is 6.07 Å². The second-order valence-electron chi connectivity index (χ2n) is 4.64. The highest BCUT2D eigenvalue weighted by Gasteiger charge is 2.32. The van der Waals surface area contributed by atoms with E-state index in [2.05, 4.69) is 30.1 Å². The average molecular weight is 231 g/mol. The molecule has 0 spiro atoms. The maximum absolute atomic E-state index is 9.52. The van der Waals surface area contributed by atoms with Gasteiger partial charge in [0.05, 0.1) is 6.07 Å². The lowest BCUT2D eigenvalue weighted by Crippen LogP contribution is -2.49. The molecule has 1 aromatic rings. The summed E-state index contributed by atoms with van der Waals surface area (Å²) >= 11 is 0. The maximum atomic E-state index is 9.52. The Balaban J connectivity index is 3.03. The van der Waals surface area contributed by atoms with E-state index in [0.29, 0.717) is 12.6 Å². The first kappa shape index (κ1) is 13.7. The number of nitriles is 1. The molecule has 0 saturated carbocycles. The molecule has 1 unspecified atom stereocenters. The van der Waals surface area contributed by atoms with E-state index in [4.69, 9.17) is 0 Å². The lowest BCUT2D eigenvalue weighted by Gasteiger charge is -2.33. The van der Waals surface area contributed by atoms with Gasteiger partial charge in [-0.05, 0) is 33.5 Å². The second-order valence-corrected chi connectivity index (χ2v) is 4.64. The predicted octanol–water partition coefficient (Wildman–Crippen LogP) is 1.97. The lowest BCUT2D eigenvalue weighted by molar-refractivity contribution is 0.216. The molecular weight excluding hydrogens is 210 g/mol. The van der Waals surface area contributed by atoms with Gasteiger partial charge in [0.2, 0.25) is 0 Å². The van der Waals surface area contributed by atoms with E-state index in [-0.39, 0.29) is 0 Å². The van der Waals surface area contributed by atoms with Gasteiger partial charge in [0.15, 0.2) is 0 Å². The number of hydrogen-bond donors (Lipinski definition) is 1. The molecule has 0 fully saturated rings. The van der Waals surface area contributed by atoms with Crippen molar-refractivity contribution in [2.45, 2.75) is 25.4 Å². The Bertz CT molecular complexity index is 380. The van der Waals surface area contributed by atoms with Crippen LogP contribution in [-0.2, 0) is 5.54 Å². The molecule has 1 atom stereocenters. The zero-order chi connectivity index (χ0) is 12.9. The van der Waals surface area contributed by atoms with Crippen LogP contribution in [0.4, 0.5) is 0 Å². The first-order valence-corrected chi connectivity index (χ1v) is 5.91. The average Bonchev–Trinajstić information content (AvgIpc) is 2.36. The fourth-order valence-electron chi connectivity index (χ4n) is 1.75. The van der Waals surface area contributed by atoms with Crippen molar-refractivity contribution in [2.75, 3.05) is 20.6 Å². The van der Waals surface area contributed by atoms with Crippen LogP contribution in [0.3, 0.4) is 0 Å². The third-order valence-corrected chi connectivity index (χ3v) is 3.25. The lowest BCUT2D eigenvalue weighted by atomic mass is 9.90. The standard InChI is InChI=1S/C14H21N3/c1-12(2)17(4)11-14(10-15,16-3)13-8-6-5-7-9-13/h5-9,12,16H,11H2,1-4H3. The van der Waals surface area contributed by atoms with Gasteiger partial charge < -0.3 is 4.90 Å². The predicted molar refractivity (Wildman–Crippen MR) is 70.6 cm³/mol. The fraction of sp³-hybridized carbons (Fsp3) is 0.500. The van der Waals surface area contributed by atoms with Crippen LogP contribution in [-0.4, -0.2) is 31.6 Å². The Hall–Kier alpha value is -1.37. The number of nitrogens with zero attached hydrogens (tertiary/aromatic N) is 2. The maximum Gasteiger partial charge on any atom is 0.144 e. The van der Waals surface area contributed by atoms with E-state index in [1.807, 2.05) is 44.4 Å². The van der Waals surface area contributed by atoms with E-state index >= 15 is 0 Å². The molecule has 0 aliphatic carbocycles. The van der Waals surface area contributed by atoms with Crippen LogP contribution < -0.4 is 5.32 Å². The molecule has 0 aliphatic heterocycles. The highest BCUT2D eigenvalue weighted by Crippen LogP contribution is 2.21. The van der Waals surface area contributed by atoms with Gasteiger partial charge in [-0.1, -0.05) is 30.3 Å². The highest BCUT2D eigenvalue weighted by atomic mass is 15.2. The Morgan fingerprint density at radius 1 is 1.35 bits per heavy atom. The summed E-state index contributed by atoms with van der Waals surface area (Å²) in [5.41, 5.74) is 0.373. The Morgan fingerprint density at radius 2 is 1.94 bits per heavy atom. The summed E-state index contributed by atoms with van der Waals surface area (Å²) in [5, 5.41) is 12.7. The first-order valence-electron chi connectivity index (χ1n) is 5.91. The normalized spacial score (nSPS) is 14.6. The van der Waals surface area contributed by atoms with Gasteiger partial charge in [-0.25, -0.2) is 0 Å². The largest absolute Gasteiger partial charge is 0.301 e. The zero-order valence-electron chi connectivity index (χ0n) is 11.1. The highest BCUT2D eigenvalue weighted by molar-refractivity contribution is 5.31. The topological polar surface area (TPSA) is 39.1 Å². The molecule has 0 radical (unpaired) electrons. The van der Waals surface area contributed by atoms with Gasteiger partial charge in [-0.3, -0.25) is 5.32 Å². The Kier molecular flexibility index (Phi) is 4.68. The van der Waals surface area contributed by atoms with E-state index in [1.54, 1.807) is 0 Å². The SMILES string of the molecule is CNC(C#N)(CN(C)C(C)C)c1ccccc1. The number of nitrogens with one attached hydrogen (secondary N) is 1. The van der Waals surface area contributed by atoms with E-state index in [9.17, 15) is 5.26 Å². The summed E-state index contributed by atoms with van der Waals surface area (Å²) in [7, 11) is 3.88. The molecule has 0 aromatic heterocycles. The summed E-state index contributed by atoms with van der Waals surface area (Å²) < 4.78 is 0. The molecule has 1 N–H and O–H groups in total. The molecule has 1 rings (SSSR count). The number of likely N-dealkylation sites (N-methyl/N-ethyl adjacent to an activating group) is 2. The van der Waals surface area contributed by atoms with Gasteiger partial charge >= 0.3 is 0 Å². The van der Waals surface area contributed by atoms with Crippen molar-refractivity contribution in [1.82, 2.24) is 10.2 Å². The van der Waals surface area contributed by atoms with Crippen LogP contribution in [0.15, 0.2) is 30.3 Å².